The quantitative estimate of drug-likeness (QED) is 0.783. The van der Waals surface area contributed by atoms with E-state index in [0.29, 0.717) is 23.6 Å². The molecule has 1 amide bonds. The van der Waals surface area contributed by atoms with Crippen molar-refractivity contribution in [3.05, 3.63) is 28.8 Å². The third-order valence-electron chi connectivity index (χ3n) is 3.38. The van der Waals surface area contributed by atoms with E-state index in [2.05, 4.69) is 5.32 Å². The topological polar surface area (TPSA) is 84.6 Å². The van der Waals surface area contributed by atoms with E-state index in [1.54, 1.807) is 32.9 Å². The Hall–Kier alpha value is -1.30. The van der Waals surface area contributed by atoms with Gasteiger partial charge in [-0.15, -0.1) is 0 Å². The Kier molecular flexibility index (Phi) is 4.19. The Balaban J connectivity index is 2.08. The summed E-state index contributed by atoms with van der Waals surface area (Å²) in [6.45, 7) is 5.37. The number of hydrogen-bond acceptors (Lipinski definition) is 4. The lowest BCUT2D eigenvalue weighted by Crippen LogP contribution is -2.51. The minimum atomic E-state index is -0.570. The maximum atomic E-state index is 11.7. The van der Waals surface area contributed by atoms with E-state index in [1.165, 1.54) is 0 Å². The number of benzene rings is 1. The molecule has 1 fully saturated rings. The Bertz CT molecular complexity index is 548. The Morgan fingerprint density at radius 1 is 1.48 bits per heavy atom. The molecule has 1 aliphatic rings. The molecular weight excluding hydrogens is 292 g/mol. The molecule has 0 spiro atoms. The van der Waals surface area contributed by atoms with Gasteiger partial charge >= 0.3 is 6.09 Å². The molecule has 116 valence electrons. The number of aliphatic hydroxyl groups excluding tert-OH is 1. The molecule has 5 nitrogen and oxygen atoms in total. The minimum absolute atomic E-state index is 0.353. The summed E-state index contributed by atoms with van der Waals surface area (Å²) in [6.07, 6.45) is 0.122. The van der Waals surface area contributed by atoms with Crippen LogP contribution in [0.5, 0.6) is 0 Å². The van der Waals surface area contributed by atoms with E-state index in [-0.39, 0.29) is 6.10 Å². The molecule has 0 aromatic heterocycles. The number of amides is 1. The molecule has 6 heteroatoms. The van der Waals surface area contributed by atoms with Crippen LogP contribution in [0.2, 0.25) is 5.02 Å². The van der Waals surface area contributed by atoms with Gasteiger partial charge in [0.1, 0.15) is 5.60 Å². The second kappa shape index (κ2) is 5.48. The number of aliphatic hydroxyl groups is 1. The van der Waals surface area contributed by atoms with Crippen LogP contribution in [0.4, 0.5) is 10.5 Å². The Morgan fingerprint density at radius 3 is 2.57 bits per heavy atom. The molecular formula is C15H21ClN2O3. The maximum Gasteiger partial charge on any atom is 0.412 e. The summed E-state index contributed by atoms with van der Waals surface area (Å²) < 4.78 is 5.17. The summed E-state index contributed by atoms with van der Waals surface area (Å²) in [5, 5.41) is 12.4. The number of nitrogens with two attached hydrogens (primary N) is 1. The van der Waals surface area contributed by atoms with Gasteiger partial charge in [-0.2, -0.15) is 0 Å². The van der Waals surface area contributed by atoms with E-state index in [1.807, 2.05) is 6.07 Å². The highest BCUT2D eigenvalue weighted by molar-refractivity contribution is 6.33. The first-order valence-corrected chi connectivity index (χ1v) is 7.24. The van der Waals surface area contributed by atoms with Gasteiger partial charge < -0.3 is 15.6 Å². The first-order chi connectivity index (χ1) is 9.59. The molecule has 0 unspecified atom stereocenters. The van der Waals surface area contributed by atoms with Crippen molar-refractivity contribution in [2.45, 2.75) is 50.9 Å². The fraction of sp³-hybridized carbons (Fsp3) is 0.533. The molecule has 2 rings (SSSR count). The highest BCUT2D eigenvalue weighted by Gasteiger charge is 2.41. The van der Waals surface area contributed by atoms with Crippen LogP contribution in [0.15, 0.2) is 18.2 Å². The van der Waals surface area contributed by atoms with Gasteiger partial charge in [0.05, 0.1) is 16.8 Å². The lowest BCUT2D eigenvalue weighted by molar-refractivity contribution is 0.0209. The van der Waals surface area contributed by atoms with Gasteiger partial charge in [0.15, 0.2) is 0 Å². The van der Waals surface area contributed by atoms with Crippen molar-refractivity contribution in [3.63, 3.8) is 0 Å². The third-order valence-corrected chi connectivity index (χ3v) is 3.69. The monoisotopic (exact) mass is 312 g/mol. The number of halogens is 1. The van der Waals surface area contributed by atoms with E-state index in [9.17, 15) is 9.90 Å². The highest BCUT2D eigenvalue weighted by atomic mass is 35.5. The largest absolute Gasteiger partial charge is 0.444 e. The molecule has 0 saturated heterocycles. The minimum Gasteiger partial charge on any atom is -0.444 e. The van der Waals surface area contributed by atoms with Gasteiger partial charge in [-0.1, -0.05) is 17.7 Å². The lowest BCUT2D eigenvalue weighted by Gasteiger charge is -2.42. The summed E-state index contributed by atoms with van der Waals surface area (Å²) >= 11 is 6.18. The summed E-state index contributed by atoms with van der Waals surface area (Å²) in [7, 11) is 0. The van der Waals surface area contributed by atoms with Crippen molar-refractivity contribution in [2.24, 2.45) is 5.73 Å². The van der Waals surface area contributed by atoms with Crippen molar-refractivity contribution in [2.75, 3.05) is 5.32 Å². The van der Waals surface area contributed by atoms with Crippen molar-refractivity contribution < 1.29 is 14.6 Å². The first-order valence-electron chi connectivity index (χ1n) is 6.86. The van der Waals surface area contributed by atoms with Gasteiger partial charge in [0.2, 0.25) is 0 Å². The van der Waals surface area contributed by atoms with Gasteiger partial charge in [0.25, 0.3) is 0 Å². The van der Waals surface area contributed by atoms with E-state index < -0.39 is 17.2 Å². The number of carbonyl (C=O) groups is 1. The summed E-state index contributed by atoms with van der Waals surface area (Å²) in [5.41, 5.74) is 6.41. The molecule has 0 aliphatic heterocycles. The fourth-order valence-electron chi connectivity index (χ4n) is 2.36. The molecule has 0 radical (unpaired) electrons. The van der Waals surface area contributed by atoms with Crippen LogP contribution in [0, 0.1) is 0 Å². The second-order valence-corrected chi connectivity index (χ2v) is 6.95. The van der Waals surface area contributed by atoms with Gasteiger partial charge in [-0.25, -0.2) is 4.79 Å². The number of carbonyl (C=O) groups excluding carboxylic acids is 1. The van der Waals surface area contributed by atoms with Crippen molar-refractivity contribution in [3.8, 4) is 0 Å². The number of nitrogens with one attached hydrogen (secondary N) is 1. The van der Waals surface area contributed by atoms with Crippen LogP contribution in [-0.4, -0.2) is 22.9 Å². The fourth-order valence-corrected chi connectivity index (χ4v) is 2.58. The summed E-state index contributed by atoms with van der Waals surface area (Å²) in [5.74, 6) is 0. The predicted molar refractivity (Wildman–Crippen MR) is 82.4 cm³/mol. The summed E-state index contributed by atoms with van der Waals surface area (Å²) in [4.78, 5) is 11.7. The number of ether oxygens (including phenoxy) is 1. The smallest absolute Gasteiger partial charge is 0.412 e. The van der Waals surface area contributed by atoms with Crippen molar-refractivity contribution in [1.29, 1.82) is 0 Å². The molecule has 1 saturated carbocycles. The number of hydrogen-bond donors (Lipinski definition) is 3. The zero-order valence-corrected chi connectivity index (χ0v) is 13.2. The van der Waals surface area contributed by atoms with Crippen molar-refractivity contribution >= 4 is 23.4 Å². The van der Waals surface area contributed by atoms with E-state index in [0.717, 1.165) is 5.56 Å². The normalized spacial score (nSPS) is 25.1. The Morgan fingerprint density at radius 2 is 2.10 bits per heavy atom. The molecule has 1 aromatic rings. The molecule has 0 atom stereocenters. The zero-order valence-electron chi connectivity index (χ0n) is 12.4. The van der Waals surface area contributed by atoms with Crippen LogP contribution >= 0.6 is 11.6 Å². The molecule has 0 heterocycles. The highest BCUT2D eigenvalue weighted by Crippen LogP contribution is 2.40. The first kappa shape index (κ1) is 16.1. The average Bonchev–Trinajstić information content (AvgIpc) is 2.27. The van der Waals surface area contributed by atoms with Crippen LogP contribution < -0.4 is 11.1 Å². The van der Waals surface area contributed by atoms with Crippen molar-refractivity contribution in [1.82, 2.24) is 0 Å². The molecule has 1 aromatic carbocycles. The van der Waals surface area contributed by atoms with Crippen LogP contribution in [0.25, 0.3) is 0 Å². The van der Waals surface area contributed by atoms with Gasteiger partial charge in [0, 0.05) is 5.54 Å². The predicted octanol–water partition coefficient (Wildman–Crippen LogP) is 3.00. The SMILES string of the molecule is CC(C)(C)OC(=O)Nc1ccc(C2(N)CC(O)C2)cc1Cl. The standard InChI is InChI=1S/C15H21ClN2O3/c1-14(2,3)21-13(20)18-12-5-4-9(6-11(12)16)15(17)7-10(19)8-15/h4-6,10,19H,7-8,17H2,1-3H3,(H,18,20). The molecule has 1 aliphatic carbocycles. The van der Waals surface area contributed by atoms with Crippen LogP contribution in [-0.2, 0) is 10.3 Å². The molecule has 0 bridgehead atoms. The van der Waals surface area contributed by atoms with Crippen LogP contribution in [0.1, 0.15) is 39.2 Å². The number of rotatable bonds is 2. The van der Waals surface area contributed by atoms with E-state index >= 15 is 0 Å². The van der Waals surface area contributed by atoms with Gasteiger partial charge in [-0.3, -0.25) is 5.32 Å². The third kappa shape index (κ3) is 3.87. The second-order valence-electron chi connectivity index (χ2n) is 6.54. The van der Waals surface area contributed by atoms with Crippen LogP contribution in [0.3, 0.4) is 0 Å². The van der Waals surface area contributed by atoms with Gasteiger partial charge in [-0.05, 0) is 51.3 Å². The lowest BCUT2D eigenvalue weighted by atomic mass is 9.70. The maximum absolute atomic E-state index is 11.7. The van der Waals surface area contributed by atoms with E-state index in [4.69, 9.17) is 22.1 Å². The number of anilines is 1. The molecule has 21 heavy (non-hydrogen) atoms. The molecule has 4 N–H and O–H groups in total. The Labute approximate surface area is 129 Å². The average molecular weight is 313 g/mol. The zero-order chi connectivity index (χ0) is 15.8. The summed E-state index contributed by atoms with van der Waals surface area (Å²) in [6, 6.07) is 5.23.